The second-order valence-electron chi connectivity index (χ2n) is 4.25. The van der Waals surface area contributed by atoms with Crippen molar-refractivity contribution in [2.24, 2.45) is 12.8 Å². The van der Waals surface area contributed by atoms with Gasteiger partial charge in [-0.15, -0.1) is 0 Å². The Labute approximate surface area is 111 Å². The Kier molecular flexibility index (Phi) is 3.89. The third kappa shape index (κ3) is 3.03. The van der Waals surface area contributed by atoms with Crippen LogP contribution in [0.1, 0.15) is 24.2 Å². The largest absolute Gasteiger partial charge is 0.486 e. The average Bonchev–Trinajstić information content (AvgIpc) is 2.73. The number of aryl methyl sites for hydroxylation is 1. The van der Waals surface area contributed by atoms with E-state index in [0.29, 0.717) is 17.4 Å². The van der Waals surface area contributed by atoms with E-state index in [1.54, 1.807) is 4.68 Å². The molecule has 96 valence electrons. The van der Waals surface area contributed by atoms with Crippen molar-refractivity contribution in [2.45, 2.75) is 19.6 Å². The van der Waals surface area contributed by atoms with E-state index < -0.39 is 0 Å². The third-order valence-corrected chi connectivity index (χ3v) is 2.92. The maximum Gasteiger partial charge on any atom is 0.138 e. The zero-order chi connectivity index (χ0) is 13.1. The van der Waals surface area contributed by atoms with Crippen LogP contribution in [0.4, 0.5) is 0 Å². The van der Waals surface area contributed by atoms with Gasteiger partial charge in [0.1, 0.15) is 12.4 Å². The molecule has 5 heteroatoms. The van der Waals surface area contributed by atoms with Gasteiger partial charge in [-0.3, -0.25) is 4.68 Å². The summed E-state index contributed by atoms with van der Waals surface area (Å²) in [6.07, 6.45) is 1.87. The summed E-state index contributed by atoms with van der Waals surface area (Å²) in [5.74, 6) is 0.645. The van der Waals surface area contributed by atoms with Crippen molar-refractivity contribution < 1.29 is 4.74 Å². The van der Waals surface area contributed by atoms with E-state index in [1.165, 1.54) is 0 Å². The van der Waals surface area contributed by atoms with Crippen LogP contribution in [0.3, 0.4) is 0 Å². The minimum absolute atomic E-state index is 0.0349. The van der Waals surface area contributed by atoms with Crippen LogP contribution in [0.15, 0.2) is 30.5 Å². The van der Waals surface area contributed by atoms with E-state index in [-0.39, 0.29) is 6.04 Å². The Morgan fingerprint density at radius 3 is 2.78 bits per heavy atom. The standard InChI is InChI=1S/C13H16ClN3O/c1-9(15)10-3-4-13(12(14)7-10)18-8-11-5-6-17(2)16-11/h3-7,9H,8,15H2,1-2H3/t9-/m1/s1. The van der Waals surface area contributed by atoms with Crippen molar-refractivity contribution in [3.63, 3.8) is 0 Å². The molecule has 0 spiro atoms. The van der Waals surface area contributed by atoms with Gasteiger partial charge in [-0.05, 0) is 30.7 Å². The Morgan fingerprint density at radius 2 is 2.22 bits per heavy atom. The highest BCUT2D eigenvalue weighted by molar-refractivity contribution is 6.32. The van der Waals surface area contributed by atoms with Gasteiger partial charge in [-0.2, -0.15) is 5.10 Å². The summed E-state index contributed by atoms with van der Waals surface area (Å²) in [5, 5.41) is 4.80. The van der Waals surface area contributed by atoms with Gasteiger partial charge in [-0.1, -0.05) is 17.7 Å². The summed E-state index contributed by atoms with van der Waals surface area (Å²) < 4.78 is 7.36. The van der Waals surface area contributed by atoms with Crippen LogP contribution in [0.2, 0.25) is 5.02 Å². The molecule has 0 fully saturated rings. The molecule has 0 aliphatic heterocycles. The number of benzene rings is 1. The van der Waals surface area contributed by atoms with Crippen LogP contribution in [0, 0.1) is 0 Å². The predicted molar refractivity (Wildman–Crippen MR) is 71.6 cm³/mol. The Bertz CT molecular complexity index is 537. The van der Waals surface area contributed by atoms with Crippen molar-refractivity contribution in [3.8, 4) is 5.75 Å². The highest BCUT2D eigenvalue weighted by atomic mass is 35.5. The van der Waals surface area contributed by atoms with Crippen LogP contribution >= 0.6 is 11.6 Å². The van der Waals surface area contributed by atoms with E-state index in [9.17, 15) is 0 Å². The highest BCUT2D eigenvalue weighted by Crippen LogP contribution is 2.27. The number of hydrogen-bond donors (Lipinski definition) is 1. The summed E-state index contributed by atoms with van der Waals surface area (Å²) in [6, 6.07) is 7.46. The third-order valence-electron chi connectivity index (χ3n) is 2.63. The summed E-state index contributed by atoms with van der Waals surface area (Å²) in [5.41, 5.74) is 7.64. The van der Waals surface area contributed by atoms with Crippen LogP contribution in [-0.4, -0.2) is 9.78 Å². The fourth-order valence-corrected chi connectivity index (χ4v) is 1.85. The molecule has 1 aromatic carbocycles. The van der Waals surface area contributed by atoms with Crippen molar-refractivity contribution in [1.82, 2.24) is 9.78 Å². The lowest BCUT2D eigenvalue weighted by molar-refractivity contribution is 0.300. The van der Waals surface area contributed by atoms with Gasteiger partial charge in [0, 0.05) is 19.3 Å². The zero-order valence-corrected chi connectivity index (χ0v) is 11.2. The van der Waals surface area contributed by atoms with E-state index in [0.717, 1.165) is 11.3 Å². The van der Waals surface area contributed by atoms with Crippen LogP contribution < -0.4 is 10.5 Å². The molecule has 2 aromatic rings. The fraction of sp³-hybridized carbons (Fsp3) is 0.308. The van der Waals surface area contributed by atoms with Gasteiger partial charge in [0.2, 0.25) is 0 Å². The van der Waals surface area contributed by atoms with Crippen molar-refractivity contribution in [2.75, 3.05) is 0 Å². The maximum atomic E-state index is 6.14. The Balaban J connectivity index is 2.05. The minimum Gasteiger partial charge on any atom is -0.486 e. The van der Waals surface area contributed by atoms with Gasteiger partial charge >= 0.3 is 0 Å². The fourth-order valence-electron chi connectivity index (χ4n) is 1.61. The molecule has 0 radical (unpaired) electrons. The summed E-state index contributed by atoms with van der Waals surface area (Å²) in [4.78, 5) is 0. The maximum absolute atomic E-state index is 6.14. The molecule has 0 amide bonds. The molecule has 0 aliphatic carbocycles. The molecule has 0 saturated carbocycles. The topological polar surface area (TPSA) is 53.1 Å². The molecule has 1 aromatic heterocycles. The molecule has 1 heterocycles. The number of nitrogens with two attached hydrogens (primary N) is 1. The quantitative estimate of drug-likeness (QED) is 0.925. The van der Waals surface area contributed by atoms with Crippen LogP contribution in [0.5, 0.6) is 5.75 Å². The lowest BCUT2D eigenvalue weighted by atomic mass is 10.1. The normalized spacial score (nSPS) is 12.4. The molecule has 0 saturated heterocycles. The summed E-state index contributed by atoms with van der Waals surface area (Å²) >= 11 is 6.14. The molecular weight excluding hydrogens is 250 g/mol. The molecule has 1 atom stereocenters. The first-order chi connectivity index (χ1) is 8.56. The summed E-state index contributed by atoms with van der Waals surface area (Å²) in [7, 11) is 1.87. The Hall–Kier alpha value is -1.52. The Morgan fingerprint density at radius 1 is 1.44 bits per heavy atom. The molecule has 0 aliphatic rings. The SMILES string of the molecule is C[C@@H](N)c1ccc(OCc2ccn(C)n2)c(Cl)c1. The molecular formula is C13H16ClN3O. The van der Waals surface area contributed by atoms with Crippen LogP contribution in [-0.2, 0) is 13.7 Å². The first-order valence-electron chi connectivity index (χ1n) is 5.72. The molecule has 18 heavy (non-hydrogen) atoms. The smallest absolute Gasteiger partial charge is 0.138 e. The highest BCUT2D eigenvalue weighted by Gasteiger charge is 2.06. The lowest BCUT2D eigenvalue weighted by Gasteiger charge is -2.10. The number of rotatable bonds is 4. The predicted octanol–water partition coefficient (Wildman–Crippen LogP) is 2.67. The van der Waals surface area contributed by atoms with Crippen LogP contribution in [0.25, 0.3) is 0 Å². The number of ether oxygens (including phenoxy) is 1. The number of hydrogen-bond acceptors (Lipinski definition) is 3. The van der Waals surface area contributed by atoms with Crippen molar-refractivity contribution in [1.29, 1.82) is 0 Å². The lowest BCUT2D eigenvalue weighted by Crippen LogP contribution is -2.05. The van der Waals surface area contributed by atoms with Gasteiger partial charge in [0.25, 0.3) is 0 Å². The molecule has 0 bridgehead atoms. The number of aromatic nitrogens is 2. The summed E-state index contributed by atoms with van der Waals surface area (Å²) in [6.45, 7) is 2.32. The second kappa shape index (κ2) is 5.42. The molecule has 2 rings (SSSR count). The van der Waals surface area contributed by atoms with Gasteiger partial charge in [0.05, 0.1) is 10.7 Å². The van der Waals surface area contributed by atoms with Crippen molar-refractivity contribution in [3.05, 3.63) is 46.7 Å². The molecule has 0 unspecified atom stereocenters. The number of halogens is 1. The number of nitrogens with zero attached hydrogens (tertiary/aromatic N) is 2. The van der Waals surface area contributed by atoms with Gasteiger partial charge < -0.3 is 10.5 Å². The molecule has 2 N–H and O–H groups in total. The zero-order valence-electron chi connectivity index (χ0n) is 10.4. The molecule has 4 nitrogen and oxygen atoms in total. The first-order valence-corrected chi connectivity index (χ1v) is 6.10. The monoisotopic (exact) mass is 265 g/mol. The second-order valence-corrected chi connectivity index (χ2v) is 4.66. The van der Waals surface area contributed by atoms with Gasteiger partial charge in [-0.25, -0.2) is 0 Å². The van der Waals surface area contributed by atoms with E-state index >= 15 is 0 Å². The van der Waals surface area contributed by atoms with Crippen molar-refractivity contribution >= 4 is 11.6 Å². The van der Waals surface area contributed by atoms with Gasteiger partial charge in [0.15, 0.2) is 0 Å². The van der Waals surface area contributed by atoms with E-state index in [4.69, 9.17) is 22.1 Å². The minimum atomic E-state index is -0.0349. The average molecular weight is 266 g/mol. The van der Waals surface area contributed by atoms with E-state index in [2.05, 4.69) is 5.10 Å². The first kappa shape index (κ1) is 12.9. The van der Waals surface area contributed by atoms with E-state index in [1.807, 2.05) is 44.4 Å².